The number of hydrogen-bond donors (Lipinski definition) is 0. The normalized spacial score (nSPS) is 21.3. The highest BCUT2D eigenvalue weighted by Crippen LogP contribution is 2.33. The van der Waals surface area contributed by atoms with Crippen LogP contribution in [-0.4, -0.2) is 16.3 Å². The van der Waals surface area contributed by atoms with Gasteiger partial charge in [-0.25, -0.2) is 0 Å². The fourth-order valence-electron chi connectivity index (χ4n) is 2.92. The standard InChI is InChI=1S/C14H15NO4/c1-7(2)12-8-5-10-11(16)3-4-15(10)13(17)9(8)6-19-14(12)18/h5,7,12H,3-4,6H2,1-2H3/t12-/m1/s1. The molecular weight excluding hydrogens is 246 g/mol. The van der Waals surface area contributed by atoms with E-state index < -0.39 is 5.92 Å². The van der Waals surface area contributed by atoms with Crippen molar-refractivity contribution in [3.05, 3.63) is 33.2 Å². The average molecular weight is 261 g/mol. The van der Waals surface area contributed by atoms with Gasteiger partial charge in [0.2, 0.25) is 0 Å². The zero-order chi connectivity index (χ0) is 13.7. The molecule has 0 saturated carbocycles. The van der Waals surface area contributed by atoms with E-state index in [-0.39, 0.29) is 29.8 Å². The summed E-state index contributed by atoms with van der Waals surface area (Å²) in [5.74, 6) is -0.750. The Morgan fingerprint density at radius 2 is 2.05 bits per heavy atom. The molecule has 3 heterocycles. The predicted molar refractivity (Wildman–Crippen MR) is 67.0 cm³/mol. The van der Waals surface area contributed by atoms with Gasteiger partial charge in [0.05, 0.1) is 17.2 Å². The first-order valence-electron chi connectivity index (χ1n) is 6.47. The predicted octanol–water partition coefficient (Wildman–Crippen LogP) is 1.23. The molecule has 5 nitrogen and oxygen atoms in total. The van der Waals surface area contributed by atoms with Crippen molar-refractivity contribution in [1.82, 2.24) is 4.57 Å². The lowest BCUT2D eigenvalue weighted by Gasteiger charge is -2.27. The van der Waals surface area contributed by atoms with Crippen LogP contribution in [0.15, 0.2) is 10.9 Å². The minimum absolute atomic E-state index is 0.0185. The Balaban J connectivity index is 2.27. The molecule has 0 spiro atoms. The Kier molecular flexibility index (Phi) is 2.59. The maximum Gasteiger partial charge on any atom is 0.314 e. The molecule has 0 aromatic carbocycles. The van der Waals surface area contributed by atoms with Gasteiger partial charge >= 0.3 is 5.97 Å². The van der Waals surface area contributed by atoms with E-state index in [1.54, 1.807) is 6.07 Å². The lowest BCUT2D eigenvalue weighted by Crippen LogP contribution is -2.34. The molecule has 100 valence electrons. The summed E-state index contributed by atoms with van der Waals surface area (Å²) < 4.78 is 6.61. The summed E-state index contributed by atoms with van der Waals surface area (Å²) in [5, 5.41) is 0. The van der Waals surface area contributed by atoms with E-state index in [2.05, 4.69) is 0 Å². The third-order valence-electron chi connectivity index (χ3n) is 3.90. The van der Waals surface area contributed by atoms with Crippen LogP contribution in [0.2, 0.25) is 0 Å². The van der Waals surface area contributed by atoms with Gasteiger partial charge in [0.15, 0.2) is 5.78 Å². The molecule has 1 aromatic rings. The maximum absolute atomic E-state index is 12.3. The first-order valence-corrected chi connectivity index (χ1v) is 6.47. The van der Waals surface area contributed by atoms with E-state index in [9.17, 15) is 14.4 Å². The highest BCUT2D eigenvalue weighted by atomic mass is 16.5. The SMILES string of the molecule is CC(C)[C@H]1C(=O)OCc2c1cc1n(c2=O)CCC1=O. The van der Waals surface area contributed by atoms with Crippen molar-refractivity contribution < 1.29 is 14.3 Å². The Labute approximate surface area is 110 Å². The van der Waals surface area contributed by atoms with Crippen molar-refractivity contribution in [2.45, 2.75) is 39.3 Å². The van der Waals surface area contributed by atoms with Crippen LogP contribution in [0.4, 0.5) is 0 Å². The number of carbonyl (C=O) groups is 2. The first-order chi connectivity index (χ1) is 9.00. The van der Waals surface area contributed by atoms with E-state index in [1.807, 2.05) is 13.8 Å². The van der Waals surface area contributed by atoms with Crippen LogP contribution < -0.4 is 5.56 Å². The van der Waals surface area contributed by atoms with Crippen LogP contribution >= 0.6 is 0 Å². The van der Waals surface area contributed by atoms with Gasteiger partial charge in [0.1, 0.15) is 6.61 Å². The minimum Gasteiger partial charge on any atom is -0.460 e. The molecule has 0 radical (unpaired) electrons. The largest absolute Gasteiger partial charge is 0.460 e. The summed E-state index contributed by atoms with van der Waals surface area (Å²) in [6.45, 7) is 4.27. The number of hydrogen-bond acceptors (Lipinski definition) is 4. The smallest absolute Gasteiger partial charge is 0.314 e. The Morgan fingerprint density at radius 3 is 2.74 bits per heavy atom. The summed E-state index contributed by atoms with van der Waals surface area (Å²) in [4.78, 5) is 36.0. The maximum atomic E-state index is 12.3. The minimum atomic E-state index is -0.448. The fraction of sp³-hybridized carbons (Fsp3) is 0.500. The third-order valence-corrected chi connectivity index (χ3v) is 3.90. The highest BCUT2D eigenvalue weighted by Gasteiger charge is 2.36. The molecule has 1 aromatic heterocycles. The van der Waals surface area contributed by atoms with Crippen LogP contribution in [0.3, 0.4) is 0 Å². The molecular formula is C14H15NO4. The van der Waals surface area contributed by atoms with Gasteiger partial charge < -0.3 is 9.30 Å². The molecule has 0 saturated heterocycles. The van der Waals surface area contributed by atoms with Crippen molar-refractivity contribution in [2.24, 2.45) is 5.92 Å². The third kappa shape index (κ3) is 1.64. The van der Waals surface area contributed by atoms with Crippen LogP contribution in [0.5, 0.6) is 0 Å². The molecule has 3 rings (SSSR count). The number of carbonyl (C=O) groups excluding carboxylic acids is 2. The zero-order valence-electron chi connectivity index (χ0n) is 10.9. The molecule has 0 unspecified atom stereocenters. The summed E-state index contributed by atoms with van der Waals surface area (Å²) in [6, 6.07) is 1.72. The number of aromatic nitrogens is 1. The van der Waals surface area contributed by atoms with Gasteiger partial charge in [0, 0.05) is 13.0 Å². The summed E-state index contributed by atoms with van der Waals surface area (Å²) in [6.07, 6.45) is 0.360. The van der Waals surface area contributed by atoms with Crippen LogP contribution in [0.25, 0.3) is 0 Å². The molecule has 0 bridgehead atoms. The second kappa shape index (κ2) is 4.05. The number of nitrogens with zero attached hydrogens (tertiary/aromatic N) is 1. The molecule has 0 aliphatic carbocycles. The number of ketones is 1. The molecule has 1 atom stereocenters. The van der Waals surface area contributed by atoms with Gasteiger partial charge in [-0.05, 0) is 17.5 Å². The molecule has 2 aliphatic heterocycles. The van der Waals surface area contributed by atoms with E-state index in [0.717, 1.165) is 0 Å². The Hall–Kier alpha value is -1.91. The number of pyridine rings is 1. The number of ether oxygens (including phenoxy) is 1. The number of fused-ring (bicyclic) bond motifs is 2. The zero-order valence-corrected chi connectivity index (χ0v) is 10.9. The molecule has 0 N–H and O–H groups in total. The van der Waals surface area contributed by atoms with E-state index in [0.29, 0.717) is 29.8 Å². The monoisotopic (exact) mass is 261 g/mol. The van der Waals surface area contributed by atoms with E-state index in [4.69, 9.17) is 4.74 Å². The number of cyclic esters (lactones) is 1. The topological polar surface area (TPSA) is 65.4 Å². The van der Waals surface area contributed by atoms with E-state index in [1.165, 1.54) is 4.57 Å². The number of rotatable bonds is 1. The summed E-state index contributed by atoms with van der Waals surface area (Å²) in [5.41, 5.74) is 1.45. The lowest BCUT2D eigenvalue weighted by atomic mass is 9.84. The van der Waals surface area contributed by atoms with Crippen LogP contribution in [0.1, 0.15) is 47.8 Å². The van der Waals surface area contributed by atoms with Crippen LogP contribution in [-0.2, 0) is 22.7 Å². The Bertz CT molecular complexity index is 642. The van der Waals surface area contributed by atoms with Crippen molar-refractivity contribution in [2.75, 3.05) is 0 Å². The quantitative estimate of drug-likeness (QED) is 0.713. The van der Waals surface area contributed by atoms with Crippen molar-refractivity contribution in [1.29, 1.82) is 0 Å². The van der Waals surface area contributed by atoms with Crippen molar-refractivity contribution >= 4 is 11.8 Å². The fourth-order valence-corrected chi connectivity index (χ4v) is 2.92. The number of esters is 1. The van der Waals surface area contributed by atoms with E-state index >= 15 is 0 Å². The van der Waals surface area contributed by atoms with Gasteiger partial charge in [0.25, 0.3) is 5.56 Å². The first kappa shape index (κ1) is 12.1. The molecule has 5 heteroatoms. The van der Waals surface area contributed by atoms with Gasteiger partial charge in [-0.15, -0.1) is 0 Å². The Morgan fingerprint density at radius 1 is 1.32 bits per heavy atom. The van der Waals surface area contributed by atoms with Gasteiger partial charge in [-0.2, -0.15) is 0 Å². The second-order valence-electron chi connectivity index (χ2n) is 5.42. The summed E-state index contributed by atoms with van der Waals surface area (Å²) >= 11 is 0. The van der Waals surface area contributed by atoms with Crippen LogP contribution in [0, 0.1) is 5.92 Å². The van der Waals surface area contributed by atoms with Gasteiger partial charge in [-0.1, -0.05) is 13.8 Å². The second-order valence-corrected chi connectivity index (χ2v) is 5.42. The average Bonchev–Trinajstić information content (AvgIpc) is 2.71. The molecule has 0 fully saturated rings. The van der Waals surface area contributed by atoms with Crippen molar-refractivity contribution in [3.8, 4) is 0 Å². The molecule has 19 heavy (non-hydrogen) atoms. The molecule has 0 amide bonds. The molecule has 2 aliphatic rings. The van der Waals surface area contributed by atoms with Crippen molar-refractivity contribution in [3.63, 3.8) is 0 Å². The number of Topliss-reactive ketones (excluding diaryl/α,β-unsaturated/α-hetero) is 1. The highest BCUT2D eigenvalue weighted by molar-refractivity contribution is 5.96. The summed E-state index contributed by atoms with van der Waals surface area (Å²) in [7, 11) is 0. The lowest BCUT2D eigenvalue weighted by molar-refractivity contribution is -0.149. The van der Waals surface area contributed by atoms with Gasteiger partial charge in [-0.3, -0.25) is 14.4 Å².